The van der Waals surface area contributed by atoms with Gasteiger partial charge in [0.1, 0.15) is 15.4 Å². The van der Waals surface area contributed by atoms with E-state index >= 15 is 0 Å². The molecule has 0 amide bonds. The summed E-state index contributed by atoms with van der Waals surface area (Å²) in [5.41, 5.74) is -2.30. The Balaban J connectivity index is 3.27. The molecule has 0 bridgehead atoms. The first-order chi connectivity index (χ1) is 6.49. The van der Waals surface area contributed by atoms with E-state index in [9.17, 15) is 20.2 Å². The maximum atomic E-state index is 10.6. The van der Waals surface area contributed by atoms with Crippen molar-refractivity contribution < 1.29 is 9.85 Å². The highest BCUT2D eigenvalue weighted by atomic mass is 16.7. The van der Waals surface area contributed by atoms with E-state index < -0.39 is 15.5 Å². The zero-order valence-corrected chi connectivity index (χ0v) is 7.28. The van der Waals surface area contributed by atoms with Gasteiger partial charge in [0, 0.05) is 12.4 Å². The molecule has 0 fully saturated rings. The highest BCUT2D eigenvalue weighted by molar-refractivity contribution is 5.14. The lowest BCUT2D eigenvalue weighted by Crippen LogP contribution is -2.40. The Morgan fingerprint density at radius 2 is 1.64 bits per heavy atom. The van der Waals surface area contributed by atoms with E-state index in [-0.39, 0.29) is 5.56 Å². The molecule has 0 aliphatic rings. The molecule has 0 spiro atoms. The zero-order valence-electron chi connectivity index (χ0n) is 7.28. The maximum absolute atomic E-state index is 10.6. The van der Waals surface area contributed by atoms with Crippen LogP contribution in [-0.2, 0) is 5.66 Å². The van der Waals surface area contributed by atoms with Crippen molar-refractivity contribution in [2.24, 2.45) is 0 Å². The van der Waals surface area contributed by atoms with Gasteiger partial charge < -0.3 is 0 Å². The Morgan fingerprint density at radius 3 is 2.00 bits per heavy atom. The summed E-state index contributed by atoms with van der Waals surface area (Å²) in [6.07, 6.45) is 2.56. The van der Waals surface area contributed by atoms with E-state index in [2.05, 4.69) is 4.98 Å². The van der Waals surface area contributed by atoms with Crippen molar-refractivity contribution >= 4 is 0 Å². The van der Waals surface area contributed by atoms with E-state index in [0.717, 1.165) is 6.92 Å². The summed E-state index contributed by atoms with van der Waals surface area (Å²) in [7, 11) is 0. The smallest absolute Gasteiger partial charge is 0.265 e. The fourth-order valence-electron chi connectivity index (χ4n) is 0.945. The Hall–Kier alpha value is -2.05. The van der Waals surface area contributed by atoms with Crippen LogP contribution in [0.2, 0.25) is 0 Å². The second kappa shape index (κ2) is 3.36. The van der Waals surface area contributed by atoms with E-state index in [1.165, 1.54) is 24.5 Å². The first kappa shape index (κ1) is 10.0. The van der Waals surface area contributed by atoms with Crippen molar-refractivity contribution in [2.75, 3.05) is 0 Å². The molecule has 0 aliphatic heterocycles. The van der Waals surface area contributed by atoms with Crippen molar-refractivity contribution in [1.82, 2.24) is 4.98 Å². The summed E-state index contributed by atoms with van der Waals surface area (Å²) in [4.78, 5) is 23.0. The molecule has 0 radical (unpaired) electrons. The van der Waals surface area contributed by atoms with E-state index in [0.29, 0.717) is 0 Å². The third-order valence-corrected chi connectivity index (χ3v) is 1.94. The number of nitro groups is 2. The van der Waals surface area contributed by atoms with Crippen LogP contribution in [0, 0.1) is 20.2 Å². The quantitative estimate of drug-likeness (QED) is 0.405. The number of aromatic nitrogens is 1. The lowest BCUT2D eigenvalue weighted by atomic mass is 10.1. The molecule has 74 valence electrons. The summed E-state index contributed by atoms with van der Waals surface area (Å²) >= 11 is 0. The zero-order chi connectivity index (χ0) is 10.8. The first-order valence-electron chi connectivity index (χ1n) is 3.69. The SMILES string of the molecule is CC(c1ccncc1)([N+](=O)[O-])[N+](=O)[O-]. The number of hydrogen-bond acceptors (Lipinski definition) is 5. The van der Waals surface area contributed by atoms with Crippen LogP contribution in [0.5, 0.6) is 0 Å². The largest absolute Gasteiger partial charge is 0.481 e. The van der Waals surface area contributed by atoms with Crippen LogP contribution in [0.3, 0.4) is 0 Å². The van der Waals surface area contributed by atoms with Gasteiger partial charge >= 0.3 is 5.66 Å². The summed E-state index contributed by atoms with van der Waals surface area (Å²) in [6, 6.07) is 2.51. The second-order valence-electron chi connectivity index (χ2n) is 2.77. The standard InChI is InChI=1S/C7H7N3O4/c1-7(9(11)12,10(13)14)6-2-4-8-5-3-6/h2-5H,1H3. The van der Waals surface area contributed by atoms with Crippen LogP contribution in [0.4, 0.5) is 0 Å². The molecule has 1 heterocycles. The van der Waals surface area contributed by atoms with Gasteiger partial charge in [0.05, 0.1) is 6.92 Å². The van der Waals surface area contributed by atoms with Gasteiger partial charge in [-0.15, -0.1) is 0 Å². The molecule has 7 nitrogen and oxygen atoms in total. The van der Waals surface area contributed by atoms with Crippen LogP contribution in [0.1, 0.15) is 12.5 Å². The average molecular weight is 197 g/mol. The van der Waals surface area contributed by atoms with Crippen LogP contribution in [0.15, 0.2) is 24.5 Å². The second-order valence-corrected chi connectivity index (χ2v) is 2.77. The molecular formula is C7H7N3O4. The predicted octanol–water partition coefficient (Wildman–Crippen LogP) is 0.808. The van der Waals surface area contributed by atoms with Crippen molar-refractivity contribution in [3.05, 3.63) is 50.3 Å². The van der Waals surface area contributed by atoms with Crippen molar-refractivity contribution in [2.45, 2.75) is 12.6 Å². The van der Waals surface area contributed by atoms with Gasteiger partial charge in [0.25, 0.3) is 0 Å². The molecule has 7 heteroatoms. The van der Waals surface area contributed by atoms with Crippen LogP contribution in [0.25, 0.3) is 0 Å². The average Bonchev–Trinajstić information content (AvgIpc) is 2.17. The molecule has 1 rings (SSSR count). The van der Waals surface area contributed by atoms with Crippen LogP contribution < -0.4 is 0 Å². The normalized spacial score (nSPS) is 10.9. The third-order valence-electron chi connectivity index (χ3n) is 1.94. The van der Waals surface area contributed by atoms with Crippen LogP contribution in [-0.4, -0.2) is 14.8 Å². The monoisotopic (exact) mass is 197 g/mol. The first-order valence-corrected chi connectivity index (χ1v) is 3.69. The molecular weight excluding hydrogens is 190 g/mol. The minimum Gasteiger partial charge on any atom is -0.265 e. The van der Waals surface area contributed by atoms with Gasteiger partial charge in [-0.25, -0.2) is 0 Å². The fraction of sp³-hybridized carbons (Fsp3) is 0.286. The van der Waals surface area contributed by atoms with Crippen molar-refractivity contribution in [3.8, 4) is 0 Å². The lowest BCUT2D eigenvalue weighted by Gasteiger charge is -2.11. The Bertz CT molecular complexity index is 350. The van der Waals surface area contributed by atoms with Gasteiger partial charge in [-0.05, 0) is 12.1 Å². The summed E-state index contributed by atoms with van der Waals surface area (Å²) < 4.78 is 0. The van der Waals surface area contributed by atoms with Crippen LogP contribution >= 0.6 is 0 Å². The summed E-state index contributed by atoms with van der Waals surface area (Å²) in [6.45, 7) is 0.947. The van der Waals surface area contributed by atoms with Crippen molar-refractivity contribution in [1.29, 1.82) is 0 Å². The minimum atomic E-state index is -2.30. The Kier molecular flexibility index (Phi) is 2.41. The maximum Gasteiger partial charge on any atom is 0.481 e. The van der Waals surface area contributed by atoms with Gasteiger partial charge in [-0.3, -0.25) is 25.2 Å². The number of rotatable bonds is 3. The molecule has 0 aliphatic carbocycles. The molecule has 14 heavy (non-hydrogen) atoms. The Morgan fingerprint density at radius 1 is 1.21 bits per heavy atom. The van der Waals surface area contributed by atoms with Gasteiger partial charge in [0.15, 0.2) is 0 Å². The van der Waals surface area contributed by atoms with Gasteiger partial charge in [-0.2, -0.15) is 0 Å². The molecule has 0 unspecified atom stereocenters. The third kappa shape index (κ3) is 1.39. The fourth-order valence-corrected chi connectivity index (χ4v) is 0.945. The Labute approximate surface area is 78.7 Å². The number of hydrogen-bond donors (Lipinski definition) is 0. The van der Waals surface area contributed by atoms with Crippen molar-refractivity contribution in [3.63, 3.8) is 0 Å². The topological polar surface area (TPSA) is 99.2 Å². The summed E-state index contributed by atoms with van der Waals surface area (Å²) in [5, 5.41) is 21.2. The molecule has 0 N–H and O–H groups in total. The lowest BCUT2D eigenvalue weighted by molar-refractivity contribution is -0.805. The highest BCUT2D eigenvalue weighted by Crippen LogP contribution is 2.23. The molecule has 0 saturated carbocycles. The van der Waals surface area contributed by atoms with Gasteiger partial charge in [0.2, 0.25) is 0 Å². The van der Waals surface area contributed by atoms with E-state index in [1.807, 2.05) is 0 Å². The van der Waals surface area contributed by atoms with Gasteiger partial charge in [-0.1, -0.05) is 0 Å². The predicted molar refractivity (Wildman–Crippen MR) is 45.6 cm³/mol. The van der Waals surface area contributed by atoms with E-state index in [1.54, 1.807) is 0 Å². The van der Waals surface area contributed by atoms with E-state index in [4.69, 9.17) is 0 Å². The highest BCUT2D eigenvalue weighted by Gasteiger charge is 2.52. The minimum absolute atomic E-state index is 0.00231. The summed E-state index contributed by atoms with van der Waals surface area (Å²) in [5.74, 6) is 0. The number of pyridine rings is 1. The molecule has 0 aromatic carbocycles. The molecule has 0 atom stereocenters. The molecule has 0 saturated heterocycles. The molecule has 1 aromatic heterocycles. The molecule has 1 aromatic rings. The number of nitrogens with zero attached hydrogens (tertiary/aromatic N) is 3.